The number of carbonyl (C=O) groups is 2. The van der Waals surface area contributed by atoms with E-state index >= 15 is 0 Å². The molecule has 1 amide bonds. The quantitative estimate of drug-likeness (QED) is 0.686. The number of nitrogens with one attached hydrogen (secondary N) is 2. The Bertz CT molecular complexity index is 838. The molecule has 2 atom stereocenters. The summed E-state index contributed by atoms with van der Waals surface area (Å²) < 4.78 is 0. The van der Waals surface area contributed by atoms with Gasteiger partial charge in [0, 0.05) is 36.7 Å². The molecule has 0 spiro atoms. The molecular formula is C21H25ClN2O3. The summed E-state index contributed by atoms with van der Waals surface area (Å²) in [7, 11) is 0. The van der Waals surface area contributed by atoms with E-state index in [0.717, 1.165) is 11.1 Å². The van der Waals surface area contributed by atoms with Crippen LogP contribution in [0.1, 0.15) is 37.4 Å². The van der Waals surface area contributed by atoms with Gasteiger partial charge in [0.2, 0.25) is 0 Å². The second-order valence-electron chi connectivity index (χ2n) is 6.87. The van der Waals surface area contributed by atoms with Crippen LogP contribution in [0.5, 0.6) is 0 Å². The first-order chi connectivity index (χ1) is 12.5. The third-order valence-electron chi connectivity index (χ3n) is 5.01. The summed E-state index contributed by atoms with van der Waals surface area (Å²) in [5.74, 6) is -0.472. The van der Waals surface area contributed by atoms with Gasteiger partial charge in [0.15, 0.2) is 5.78 Å². The zero-order valence-electron chi connectivity index (χ0n) is 15.5. The highest BCUT2D eigenvalue weighted by molar-refractivity contribution is 6.15. The van der Waals surface area contributed by atoms with E-state index in [2.05, 4.69) is 10.6 Å². The second kappa shape index (κ2) is 9.13. The fraction of sp³-hybridized carbons (Fsp3) is 0.333. The zero-order chi connectivity index (χ0) is 18.7. The minimum absolute atomic E-state index is 0. The van der Waals surface area contributed by atoms with Gasteiger partial charge in [0.05, 0.1) is 11.7 Å². The predicted molar refractivity (Wildman–Crippen MR) is 108 cm³/mol. The maximum Gasteiger partial charge on any atom is 0.252 e. The van der Waals surface area contributed by atoms with Crippen LogP contribution in [-0.4, -0.2) is 42.5 Å². The van der Waals surface area contributed by atoms with Gasteiger partial charge in [0.1, 0.15) is 0 Å². The lowest BCUT2D eigenvalue weighted by molar-refractivity contribution is 0.0917. The lowest BCUT2D eigenvalue weighted by atomic mass is 9.95. The van der Waals surface area contributed by atoms with Crippen molar-refractivity contribution in [3.63, 3.8) is 0 Å². The minimum atomic E-state index is -0.456. The molecule has 3 N–H and O–H groups in total. The zero-order valence-corrected chi connectivity index (χ0v) is 16.3. The van der Waals surface area contributed by atoms with E-state index < -0.39 is 6.10 Å². The molecule has 2 aromatic rings. The van der Waals surface area contributed by atoms with Crippen molar-refractivity contribution in [2.45, 2.75) is 20.0 Å². The molecule has 1 fully saturated rings. The molecule has 0 aromatic heterocycles. The second-order valence-corrected chi connectivity index (χ2v) is 6.87. The molecule has 0 bridgehead atoms. The molecule has 0 saturated carbocycles. The van der Waals surface area contributed by atoms with Gasteiger partial charge in [-0.3, -0.25) is 9.59 Å². The first kappa shape index (κ1) is 21.1. The number of halogens is 1. The van der Waals surface area contributed by atoms with Crippen LogP contribution in [0.15, 0.2) is 42.5 Å². The first-order valence-electron chi connectivity index (χ1n) is 8.85. The molecular weight excluding hydrogens is 364 g/mol. The SMILES string of the molecule is Cc1ccc(C(=O)c2ccccc2C(=O)NCC2CNCC2O)cc1C.Cl. The maximum absolute atomic E-state index is 12.9. The van der Waals surface area contributed by atoms with E-state index in [-0.39, 0.29) is 30.0 Å². The number of aliphatic hydroxyl groups is 1. The maximum atomic E-state index is 12.9. The monoisotopic (exact) mass is 388 g/mol. The van der Waals surface area contributed by atoms with Crippen molar-refractivity contribution >= 4 is 24.1 Å². The number of hydrogen-bond donors (Lipinski definition) is 3. The fourth-order valence-corrected chi connectivity index (χ4v) is 3.16. The van der Waals surface area contributed by atoms with E-state index in [1.165, 1.54) is 0 Å². The summed E-state index contributed by atoms with van der Waals surface area (Å²) >= 11 is 0. The van der Waals surface area contributed by atoms with E-state index in [9.17, 15) is 14.7 Å². The van der Waals surface area contributed by atoms with Crippen LogP contribution in [-0.2, 0) is 0 Å². The summed E-state index contributed by atoms with van der Waals surface area (Å²) in [4.78, 5) is 25.5. The Morgan fingerprint density at radius 2 is 1.78 bits per heavy atom. The van der Waals surface area contributed by atoms with Crippen LogP contribution in [0, 0.1) is 19.8 Å². The van der Waals surface area contributed by atoms with Gasteiger partial charge >= 0.3 is 0 Å². The third kappa shape index (κ3) is 4.75. The highest BCUT2D eigenvalue weighted by Crippen LogP contribution is 2.18. The third-order valence-corrected chi connectivity index (χ3v) is 5.01. The Morgan fingerprint density at radius 1 is 1.07 bits per heavy atom. The lowest BCUT2D eigenvalue weighted by Crippen LogP contribution is -2.35. The Balaban J connectivity index is 0.00000261. The minimum Gasteiger partial charge on any atom is -0.391 e. The average Bonchev–Trinajstić information content (AvgIpc) is 3.06. The summed E-state index contributed by atoms with van der Waals surface area (Å²) in [5, 5.41) is 15.8. The van der Waals surface area contributed by atoms with Crippen LogP contribution in [0.3, 0.4) is 0 Å². The Morgan fingerprint density at radius 3 is 2.41 bits per heavy atom. The van der Waals surface area contributed by atoms with E-state index in [1.54, 1.807) is 30.3 Å². The molecule has 1 heterocycles. The molecule has 1 saturated heterocycles. The van der Waals surface area contributed by atoms with E-state index in [1.807, 2.05) is 26.0 Å². The van der Waals surface area contributed by atoms with Crippen LogP contribution in [0.25, 0.3) is 0 Å². The van der Waals surface area contributed by atoms with Gasteiger partial charge in [-0.15, -0.1) is 12.4 Å². The molecule has 27 heavy (non-hydrogen) atoms. The number of benzene rings is 2. The van der Waals surface area contributed by atoms with Crippen LogP contribution >= 0.6 is 12.4 Å². The van der Waals surface area contributed by atoms with Gasteiger partial charge in [-0.05, 0) is 37.1 Å². The van der Waals surface area contributed by atoms with Crippen molar-refractivity contribution < 1.29 is 14.7 Å². The molecule has 3 rings (SSSR count). The highest BCUT2D eigenvalue weighted by atomic mass is 35.5. The molecule has 1 aliphatic heterocycles. The van der Waals surface area contributed by atoms with Gasteiger partial charge in [-0.1, -0.05) is 30.3 Å². The van der Waals surface area contributed by atoms with Crippen molar-refractivity contribution in [2.75, 3.05) is 19.6 Å². The summed E-state index contributed by atoms with van der Waals surface area (Å²) in [5.41, 5.74) is 3.48. The van der Waals surface area contributed by atoms with E-state index in [4.69, 9.17) is 0 Å². The van der Waals surface area contributed by atoms with Crippen LogP contribution in [0.4, 0.5) is 0 Å². The largest absolute Gasteiger partial charge is 0.391 e. The van der Waals surface area contributed by atoms with Crippen LogP contribution in [0.2, 0.25) is 0 Å². The molecule has 1 aliphatic rings. The summed E-state index contributed by atoms with van der Waals surface area (Å²) in [6.07, 6.45) is -0.456. The average molecular weight is 389 g/mol. The van der Waals surface area contributed by atoms with Crippen molar-refractivity contribution in [1.82, 2.24) is 10.6 Å². The van der Waals surface area contributed by atoms with Crippen molar-refractivity contribution in [2.24, 2.45) is 5.92 Å². The van der Waals surface area contributed by atoms with Gasteiger partial charge in [-0.25, -0.2) is 0 Å². The van der Waals surface area contributed by atoms with Crippen molar-refractivity contribution in [1.29, 1.82) is 0 Å². The topological polar surface area (TPSA) is 78.4 Å². The number of aliphatic hydroxyl groups excluding tert-OH is 1. The fourth-order valence-electron chi connectivity index (χ4n) is 3.16. The number of aryl methyl sites for hydroxylation is 2. The van der Waals surface area contributed by atoms with E-state index in [0.29, 0.717) is 36.3 Å². The number of amides is 1. The number of β-amino-alcohol motifs (C(OH)–C–C–N with tert-alkyl or cyclic N) is 1. The normalized spacial score (nSPS) is 18.6. The first-order valence-corrected chi connectivity index (χ1v) is 8.85. The van der Waals surface area contributed by atoms with Gasteiger partial charge in [0.25, 0.3) is 5.91 Å². The molecule has 5 nitrogen and oxygen atoms in total. The van der Waals surface area contributed by atoms with Crippen LogP contribution < -0.4 is 10.6 Å². The van der Waals surface area contributed by atoms with Crippen molar-refractivity contribution in [3.05, 3.63) is 70.3 Å². The molecule has 0 radical (unpaired) electrons. The standard InChI is InChI=1S/C21H24N2O3.ClH/c1-13-7-8-15(9-14(13)2)20(25)17-5-3-4-6-18(17)21(26)23-11-16-10-22-12-19(16)24;/h3-9,16,19,22,24H,10-12H2,1-2H3,(H,23,26);1H. The molecule has 0 aliphatic carbocycles. The Kier molecular flexibility index (Phi) is 7.13. The molecule has 2 aromatic carbocycles. The number of ketones is 1. The van der Waals surface area contributed by atoms with Crippen molar-refractivity contribution in [3.8, 4) is 0 Å². The number of rotatable bonds is 5. The summed E-state index contributed by atoms with van der Waals surface area (Å²) in [6.45, 7) is 5.55. The highest BCUT2D eigenvalue weighted by Gasteiger charge is 2.26. The smallest absolute Gasteiger partial charge is 0.252 e. The molecule has 144 valence electrons. The Hall–Kier alpha value is -2.21. The van der Waals surface area contributed by atoms with Gasteiger partial charge < -0.3 is 15.7 Å². The predicted octanol–water partition coefficient (Wildman–Crippen LogP) is 2.27. The van der Waals surface area contributed by atoms with Gasteiger partial charge in [-0.2, -0.15) is 0 Å². The molecule has 6 heteroatoms. The number of hydrogen-bond acceptors (Lipinski definition) is 4. The lowest BCUT2D eigenvalue weighted by Gasteiger charge is -2.15. The Labute approximate surface area is 165 Å². The molecule has 2 unspecified atom stereocenters. The summed E-state index contributed by atoms with van der Waals surface area (Å²) in [6, 6.07) is 12.4. The number of carbonyl (C=O) groups excluding carboxylic acids is 2.